The van der Waals surface area contributed by atoms with Crippen LogP contribution in [0.1, 0.15) is 12.5 Å². The van der Waals surface area contributed by atoms with Crippen LogP contribution >= 0.6 is 12.2 Å². The molecule has 4 nitrogen and oxygen atoms in total. The lowest BCUT2D eigenvalue weighted by Gasteiger charge is -1.93. The number of aromatic nitrogens is 1. The van der Waals surface area contributed by atoms with Crippen LogP contribution in [0.5, 0.6) is 0 Å². The van der Waals surface area contributed by atoms with E-state index in [1.54, 1.807) is 6.21 Å². The zero-order chi connectivity index (χ0) is 9.68. The molecule has 0 unspecified atom stereocenters. The third-order valence-corrected chi connectivity index (χ3v) is 1.62. The molecule has 1 aromatic rings. The molecule has 0 saturated heterocycles. The summed E-state index contributed by atoms with van der Waals surface area (Å²) in [6.07, 6.45) is 5.65. The molecule has 0 aromatic carbocycles. The Labute approximate surface area is 82.4 Å². The van der Waals surface area contributed by atoms with E-state index in [9.17, 15) is 0 Å². The first-order valence-electron chi connectivity index (χ1n) is 3.96. The van der Waals surface area contributed by atoms with Crippen molar-refractivity contribution in [3.8, 4) is 0 Å². The fourth-order valence-electron chi connectivity index (χ4n) is 0.903. The topological polar surface area (TPSA) is 55.3 Å². The predicted molar refractivity (Wildman–Crippen MR) is 57.6 cm³/mol. The van der Waals surface area contributed by atoms with Crippen molar-refractivity contribution in [2.75, 3.05) is 0 Å². The van der Waals surface area contributed by atoms with Gasteiger partial charge in [0.15, 0.2) is 5.11 Å². The summed E-state index contributed by atoms with van der Waals surface area (Å²) >= 11 is 4.59. The second kappa shape index (κ2) is 4.61. The van der Waals surface area contributed by atoms with Crippen LogP contribution < -0.4 is 11.2 Å². The molecule has 70 valence electrons. The first-order chi connectivity index (χ1) is 6.22. The van der Waals surface area contributed by atoms with Crippen LogP contribution in [-0.4, -0.2) is 15.9 Å². The summed E-state index contributed by atoms with van der Waals surface area (Å²) in [4.78, 5) is 0. The van der Waals surface area contributed by atoms with Crippen LogP contribution in [-0.2, 0) is 6.54 Å². The molecule has 0 saturated carbocycles. The van der Waals surface area contributed by atoms with Gasteiger partial charge in [-0.2, -0.15) is 5.10 Å². The molecule has 0 bridgehead atoms. The molecule has 0 spiro atoms. The van der Waals surface area contributed by atoms with Gasteiger partial charge in [0, 0.05) is 24.5 Å². The van der Waals surface area contributed by atoms with Crippen molar-refractivity contribution in [1.82, 2.24) is 9.99 Å². The highest BCUT2D eigenvalue weighted by atomic mass is 32.1. The van der Waals surface area contributed by atoms with Crippen LogP contribution in [0.25, 0.3) is 0 Å². The molecule has 0 aliphatic carbocycles. The Hall–Kier alpha value is -1.36. The van der Waals surface area contributed by atoms with Crippen LogP contribution in [0.2, 0.25) is 0 Å². The number of thiocarbonyl (C=S) groups is 1. The molecule has 0 amide bonds. The molecule has 1 aromatic heterocycles. The van der Waals surface area contributed by atoms with E-state index < -0.39 is 0 Å². The molecule has 0 aliphatic heterocycles. The maximum atomic E-state index is 5.19. The summed E-state index contributed by atoms with van der Waals surface area (Å²) in [5.74, 6) is 0. The quantitative estimate of drug-likeness (QED) is 0.424. The third-order valence-electron chi connectivity index (χ3n) is 1.53. The van der Waals surface area contributed by atoms with Crippen LogP contribution in [0.15, 0.2) is 23.6 Å². The number of nitrogens with zero attached hydrogens (tertiary/aromatic N) is 2. The Balaban J connectivity index is 2.53. The third kappa shape index (κ3) is 3.25. The minimum atomic E-state index is 0.172. The highest BCUT2D eigenvalue weighted by Gasteiger charge is 1.90. The summed E-state index contributed by atoms with van der Waals surface area (Å²) in [5, 5.41) is 4.01. The summed E-state index contributed by atoms with van der Waals surface area (Å²) in [6.45, 7) is 3.03. The second-order valence-electron chi connectivity index (χ2n) is 2.51. The molecule has 0 fully saturated rings. The Morgan fingerprint density at radius 2 is 2.62 bits per heavy atom. The average Bonchev–Trinajstić information content (AvgIpc) is 2.52. The van der Waals surface area contributed by atoms with Gasteiger partial charge in [0.05, 0.1) is 6.21 Å². The van der Waals surface area contributed by atoms with E-state index in [2.05, 4.69) is 34.2 Å². The molecule has 1 rings (SSSR count). The summed E-state index contributed by atoms with van der Waals surface area (Å²) in [5.41, 5.74) is 8.70. The van der Waals surface area contributed by atoms with Crippen molar-refractivity contribution in [2.45, 2.75) is 13.5 Å². The SMILES string of the molecule is CCn1ccc(C=NNC(N)=S)c1. The second-order valence-corrected chi connectivity index (χ2v) is 2.95. The lowest BCUT2D eigenvalue weighted by Crippen LogP contribution is -2.23. The molecule has 13 heavy (non-hydrogen) atoms. The number of hydrogen-bond acceptors (Lipinski definition) is 2. The fourth-order valence-corrected chi connectivity index (χ4v) is 0.956. The Morgan fingerprint density at radius 1 is 1.85 bits per heavy atom. The van der Waals surface area contributed by atoms with Gasteiger partial charge in [-0.25, -0.2) is 0 Å². The highest BCUT2D eigenvalue weighted by Crippen LogP contribution is 1.96. The minimum Gasteiger partial charge on any atom is -0.375 e. The van der Waals surface area contributed by atoms with Gasteiger partial charge in [0.2, 0.25) is 0 Å². The number of nitrogens with one attached hydrogen (secondary N) is 1. The van der Waals surface area contributed by atoms with Gasteiger partial charge in [-0.15, -0.1) is 0 Å². The van der Waals surface area contributed by atoms with Crippen LogP contribution in [0.3, 0.4) is 0 Å². The van der Waals surface area contributed by atoms with Gasteiger partial charge in [0.1, 0.15) is 0 Å². The van der Waals surface area contributed by atoms with E-state index >= 15 is 0 Å². The average molecular weight is 196 g/mol. The van der Waals surface area contributed by atoms with E-state index in [4.69, 9.17) is 5.73 Å². The van der Waals surface area contributed by atoms with Crippen molar-refractivity contribution in [3.05, 3.63) is 24.0 Å². The normalized spacial score (nSPS) is 10.5. The molecule has 3 N–H and O–H groups in total. The largest absolute Gasteiger partial charge is 0.375 e. The van der Waals surface area contributed by atoms with Gasteiger partial charge >= 0.3 is 0 Å². The van der Waals surface area contributed by atoms with Gasteiger partial charge < -0.3 is 10.3 Å². The zero-order valence-corrected chi connectivity index (χ0v) is 8.21. The number of hydrazone groups is 1. The number of rotatable bonds is 3. The molecular formula is C8H12N4S. The molecule has 1 heterocycles. The Bertz CT molecular complexity index is 316. The van der Waals surface area contributed by atoms with Crippen LogP contribution in [0, 0.1) is 0 Å². The maximum Gasteiger partial charge on any atom is 0.184 e. The van der Waals surface area contributed by atoms with Crippen molar-refractivity contribution in [2.24, 2.45) is 10.8 Å². The monoisotopic (exact) mass is 196 g/mol. The summed E-state index contributed by atoms with van der Waals surface area (Å²) in [6, 6.07) is 1.97. The van der Waals surface area contributed by atoms with Gasteiger partial charge in [-0.05, 0) is 25.2 Å². The molecule has 5 heteroatoms. The van der Waals surface area contributed by atoms with E-state index in [0.717, 1.165) is 12.1 Å². The number of hydrogen-bond donors (Lipinski definition) is 2. The Morgan fingerprint density at radius 3 is 3.15 bits per heavy atom. The van der Waals surface area contributed by atoms with E-state index in [-0.39, 0.29) is 5.11 Å². The molecule has 0 atom stereocenters. The highest BCUT2D eigenvalue weighted by molar-refractivity contribution is 7.80. The standard InChI is InChI=1S/C8H12N4S/c1-2-12-4-3-7(6-12)5-10-11-8(9)13/h3-6H,2H2,1H3,(H3,9,11,13). The number of nitrogens with two attached hydrogens (primary N) is 1. The zero-order valence-electron chi connectivity index (χ0n) is 7.40. The molecule has 0 aliphatic rings. The summed E-state index contributed by atoms with van der Waals surface area (Å²) < 4.78 is 2.06. The van der Waals surface area contributed by atoms with Crippen LogP contribution in [0.4, 0.5) is 0 Å². The van der Waals surface area contributed by atoms with Crippen molar-refractivity contribution in [3.63, 3.8) is 0 Å². The summed E-state index contributed by atoms with van der Waals surface area (Å²) in [7, 11) is 0. The molecular weight excluding hydrogens is 184 g/mol. The van der Waals surface area contributed by atoms with E-state index in [1.807, 2.05) is 18.5 Å². The van der Waals surface area contributed by atoms with Crippen molar-refractivity contribution >= 4 is 23.5 Å². The van der Waals surface area contributed by atoms with Gasteiger partial charge in [-0.3, -0.25) is 5.43 Å². The Kier molecular flexibility index (Phi) is 3.45. The minimum absolute atomic E-state index is 0.172. The van der Waals surface area contributed by atoms with Gasteiger partial charge in [-0.1, -0.05) is 0 Å². The predicted octanol–water partition coefficient (Wildman–Crippen LogP) is 0.675. The lowest BCUT2D eigenvalue weighted by molar-refractivity contribution is 0.769. The first kappa shape index (κ1) is 9.73. The van der Waals surface area contributed by atoms with E-state index in [0.29, 0.717) is 0 Å². The van der Waals surface area contributed by atoms with Crippen molar-refractivity contribution < 1.29 is 0 Å². The lowest BCUT2D eigenvalue weighted by atomic mass is 10.4. The first-order valence-corrected chi connectivity index (χ1v) is 4.37. The fraction of sp³-hybridized carbons (Fsp3) is 0.250. The smallest absolute Gasteiger partial charge is 0.184 e. The van der Waals surface area contributed by atoms with E-state index in [1.165, 1.54) is 0 Å². The maximum absolute atomic E-state index is 5.19. The van der Waals surface area contributed by atoms with Gasteiger partial charge in [0.25, 0.3) is 0 Å². The number of aryl methyl sites for hydroxylation is 1. The molecule has 0 radical (unpaired) electrons. The van der Waals surface area contributed by atoms with Crippen molar-refractivity contribution in [1.29, 1.82) is 0 Å².